The third kappa shape index (κ3) is 5.41. The Kier molecular flexibility index (Phi) is 6.32. The molecule has 0 saturated heterocycles. The number of anilines is 3. The van der Waals surface area contributed by atoms with Crippen molar-refractivity contribution in [3.05, 3.63) is 82.3 Å². The average Bonchev–Trinajstić information content (AvgIpc) is 2.67. The highest BCUT2D eigenvalue weighted by atomic mass is 35.5. The number of para-hydroxylation sites is 1. The van der Waals surface area contributed by atoms with Gasteiger partial charge in [0.05, 0.1) is 22.8 Å². The van der Waals surface area contributed by atoms with E-state index < -0.39 is 10.0 Å². The lowest BCUT2D eigenvalue weighted by Gasteiger charge is -2.15. The van der Waals surface area contributed by atoms with Gasteiger partial charge in [0.2, 0.25) is 5.91 Å². The zero-order valence-corrected chi connectivity index (χ0v) is 17.4. The highest BCUT2D eigenvalue weighted by Crippen LogP contribution is 2.29. The largest absolute Gasteiger partial charge is 0.399 e. The first-order valence-electron chi connectivity index (χ1n) is 8.46. The topological polar surface area (TPSA) is 101 Å². The van der Waals surface area contributed by atoms with Gasteiger partial charge in [0.15, 0.2) is 0 Å². The van der Waals surface area contributed by atoms with Gasteiger partial charge in [-0.3, -0.25) is 9.52 Å². The Hall–Kier alpha value is -2.74. The molecule has 0 spiro atoms. The van der Waals surface area contributed by atoms with Crippen molar-refractivity contribution in [2.45, 2.75) is 11.3 Å². The number of carbonyl (C=O) groups is 1. The Morgan fingerprint density at radius 2 is 1.62 bits per heavy atom. The average molecular weight is 450 g/mol. The van der Waals surface area contributed by atoms with Crippen molar-refractivity contribution in [1.82, 2.24) is 0 Å². The lowest BCUT2D eigenvalue weighted by Crippen LogP contribution is -2.20. The molecular formula is C20H17Cl2N3O3S. The monoisotopic (exact) mass is 449 g/mol. The van der Waals surface area contributed by atoms with Gasteiger partial charge in [-0.25, -0.2) is 8.42 Å². The second-order valence-corrected chi connectivity index (χ2v) is 8.69. The van der Waals surface area contributed by atoms with E-state index in [0.717, 1.165) is 5.56 Å². The van der Waals surface area contributed by atoms with Gasteiger partial charge in [-0.1, -0.05) is 47.5 Å². The van der Waals surface area contributed by atoms with Gasteiger partial charge in [0.25, 0.3) is 10.0 Å². The number of carbonyl (C=O) groups excluding carboxylic acids is 1. The molecule has 0 aliphatic heterocycles. The van der Waals surface area contributed by atoms with Crippen molar-refractivity contribution in [2.24, 2.45) is 0 Å². The highest BCUT2D eigenvalue weighted by molar-refractivity contribution is 7.93. The minimum atomic E-state index is -4.06. The van der Waals surface area contributed by atoms with Crippen LogP contribution in [0.25, 0.3) is 0 Å². The van der Waals surface area contributed by atoms with E-state index in [-0.39, 0.29) is 39.3 Å². The molecule has 0 aliphatic carbocycles. The van der Waals surface area contributed by atoms with Crippen LogP contribution in [0.1, 0.15) is 5.56 Å². The molecule has 3 aromatic carbocycles. The number of sulfonamides is 1. The lowest BCUT2D eigenvalue weighted by molar-refractivity contribution is -0.115. The van der Waals surface area contributed by atoms with Crippen molar-refractivity contribution in [2.75, 3.05) is 15.8 Å². The van der Waals surface area contributed by atoms with E-state index in [1.807, 2.05) is 0 Å². The van der Waals surface area contributed by atoms with E-state index in [4.69, 9.17) is 28.9 Å². The molecule has 6 nitrogen and oxygen atoms in total. The predicted molar refractivity (Wildman–Crippen MR) is 117 cm³/mol. The summed E-state index contributed by atoms with van der Waals surface area (Å²) in [6.45, 7) is 0. The first-order valence-corrected chi connectivity index (χ1v) is 10.7. The minimum Gasteiger partial charge on any atom is -0.399 e. The number of amides is 1. The Morgan fingerprint density at radius 3 is 2.31 bits per heavy atom. The number of hydrogen-bond acceptors (Lipinski definition) is 4. The number of hydrogen-bond donors (Lipinski definition) is 3. The maximum Gasteiger partial charge on any atom is 0.264 e. The number of benzene rings is 3. The zero-order chi connectivity index (χ0) is 21.0. The van der Waals surface area contributed by atoms with Gasteiger partial charge >= 0.3 is 0 Å². The quantitative estimate of drug-likeness (QED) is 0.480. The molecule has 0 aromatic heterocycles. The van der Waals surface area contributed by atoms with Crippen molar-refractivity contribution >= 4 is 56.2 Å². The van der Waals surface area contributed by atoms with Crippen molar-refractivity contribution in [3.8, 4) is 0 Å². The number of nitrogens with one attached hydrogen (secondary N) is 2. The summed E-state index contributed by atoms with van der Waals surface area (Å²) in [6, 6.07) is 17.5. The highest BCUT2D eigenvalue weighted by Gasteiger charge is 2.21. The molecular weight excluding hydrogens is 433 g/mol. The normalized spacial score (nSPS) is 11.1. The molecule has 3 rings (SSSR count). The number of halogens is 2. The summed E-state index contributed by atoms with van der Waals surface area (Å²) in [5.74, 6) is -0.383. The van der Waals surface area contributed by atoms with E-state index >= 15 is 0 Å². The second-order valence-electron chi connectivity index (χ2n) is 6.19. The summed E-state index contributed by atoms with van der Waals surface area (Å²) >= 11 is 11.9. The van der Waals surface area contributed by atoms with Crippen LogP contribution >= 0.6 is 23.2 Å². The van der Waals surface area contributed by atoms with Crippen molar-refractivity contribution < 1.29 is 13.2 Å². The second kappa shape index (κ2) is 8.73. The van der Waals surface area contributed by atoms with Crippen LogP contribution in [-0.2, 0) is 21.2 Å². The van der Waals surface area contributed by atoms with Gasteiger partial charge in [0, 0.05) is 10.7 Å². The van der Waals surface area contributed by atoms with Crippen LogP contribution in [0.5, 0.6) is 0 Å². The van der Waals surface area contributed by atoms with E-state index in [2.05, 4.69) is 10.0 Å². The summed E-state index contributed by atoms with van der Waals surface area (Å²) in [5.41, 5.74) is 7.07. The van der Waals surface area contributed by atoms with Crippen molar-refractivity contribution in [1.29, 1.82) is 0 Å². The fourth-order valence-electron chi connectivity index (χ4n) is 2.59. The molecule has 0 aliphatic rings. The summed E-state index contributed by atoms with van der Waals surface area (Å²) in [6.07, 6.45) is 0.0545. The first-order chi connectivity index (χ1) is 13.7. The van der Waals surface area contributed by atoms with Gasteiger partial charge in [-0.2, -0.15) is 0 Å². The van der Waals surface area contributed by atoms with Gasteiger partial charge in [0.1, 0.15) is 4.90 Å². The molecule has 0 heterocycles. The molecule has 0 atom stereocenters. The summed E-state index contributed by atoms with van der Waals surface area (Å²) in [7, 11) is -4.06. The predicted octanol–water partition coefficient (Wildman–Crippen LogP) is 4.56. The van der Waals surface area contributed by atoms with Crippen LogP contribution in [0.3, 0.4) is 0 Å². The summed E-state index contributed by atoms with van der Waals surface area (Å²) in [4.78, 5) is 12.3. The van der Waals surface area contributed by atoms with Gasteiger partial charge < -0.3 is 11.1 Å². The standard InChI is InChI=1S/C20H17Cl2N3O3S/c21-14-7-5-13(6-8-14)11-20(26)24-18-10-9-15(23)12-19(18)29(27,28)25-17-4-2-1-3-16(17)22/h1-10,12,25H,11,23H2,(H,24,26). The van der Waals surface area contributed by atoms with Crippen LogP contribution < -0.4 is 15.8 Å². The van der Waals surface area contributed by atoms with E-state index in [1.54, 1.807) is 42.5 Å². The number of nitrogens with two attached hydrogens (primary N) is 1. The van der Waals surface area contributed by atoms with Crippen LogP contribution in [0.15, 0.2) is 71.6 Å². The van der Waals surface area contributed by atoms with Gasteiger partial charge in [-0.15, -0.1) is 0 Å². The lowest BCUT2D eigenvalue weighted by atomic mass is 10.1. The van der Waals surface area contributed by atoms with E-state index in [0.29, 0.717) is 5.02 Å². The fourth-order valence-corrected chi connectivity index (χ4v) is 4.23. The Balaban J connectivity index is 1.86. The molecule has 29 heavy (non-hydrogen) atoms. The Morgan fingerprint density at radius 1 is 0.931 bits per heavy atom. The molecule has 0 saturated carbocycles. The Bertz CT molecular complexity index is 1150. The molecule has 4 N–H and O–H groups in total. The molecule has 1 amide bonds. The maximum atomic E-state index is 12.9. The smallest absolute Gasteiger partial charge is 0.264 e. The fraction of sp³-hybridized carbons (Fsp3) is 0.0500. The third-order valence-electron chi connectivity index (χ3n) is 3.97. The van der Waals surface area contributed by atoms with E-state index in [9.17, 15) is 13.2 Å². The summed E-state index contributed by atoms with van der Waals surface area (Å²) < 4.78 is 28.2. The molecule has 0 fully saturated rings. The number of nitrogen functional groups attached to an aromatic ring is 1. The first kappa shape index (κ1) is 21.0. The van der Waals surface area contributed by atoms with Crippen LogP contribution in [0.2, 0.25) is 10.0 Å². The molecule has 150 valence electrons. The third-order valence-corrected chi connectivity index (χ3v) is 5.95. The van der Waals surface area contributed by atoms with Crippen LogP contribution in [0.4, 0.5) is 17.1 Å². The van der Waals surface area contributed by atoms with Crippen LogP contribution in [-0.4, -0.2) is 14.3 Å². The van der Waals surface area contributed by atoms with E-state index in [1.165, 1.54) is 24.3 Å². The Labute approximate surface area is 178 Å². The molecule has 0 radical (unpaired) electrons. The van der Waals surface area contributed by atoms with Crippen molar-refractivity contribution in [3.63, 3.8) is 0 Å². The molecule has 0 unspecified atom stereocenters. The zero-order valence-electron chi connectivity index (χ0n) is 15.0. The van der Waals surface area contributed by atoms with Gasteiger partial charge in [-0.05, 0) is 48.0 Å². The minimum absolute atomic E-state index is 0.0545. The molecule has 3 aromatic rings. The summed E-state index contributed by atoms with van der Waals surface area (Å²) in [5, 5.41) is 3.43. The molecule has 0 bridgehead atoms. The number of rotatable bonds is 6. The SMILES string of the molecule is Nc1ccc(NC(=O)Cc2ccc(Cl)cc2)c(S(=O)(=O)Nc2ccccc2Cl)c1. The van der Waals surface area contributed by atoms with Crippen LogP contribution in [0, 0.1) is 0 Å². The maximum absolute atomic E-state index is 12.9. The molecule has 9 heteroatoms.